The minimum Gasteiger partial charge on any atom is -0.490 e. The van der Waals surface area contributed by atoms with Crippen LogP contribution in [-0.2, 0) is 13.8 Å². The van der Waals surface area contributed by atoms with E-state index in [2.05, 4.69) is 0 Å². The van der Waals surface area contributed by atoms with Gasteiger partial charge in [-0.1, -0.05) is 24.3 Å². The number of hydrogen-bond donors (Lipinski definition) is 0. The molecule has 0 aromatic heterocycles. The van der Waals surface area contributed by atoms with E-state index in [0.29, 0.717) is 17.7 Å². The lowest BCUT2D eigenvalue weighted by Gasteiger charge is -2.14. The minimum absolute atomic E-state index is 0.101. The summed E-state index contributed by atoms with van der Waals surface area (Å²) >= 11 is 0. The molecule has 1 fully saturated rings. The lowest BCUT2D eigenvalue weighted by atomic mass is 10.1. The van der Waals surface area contributed by atoms with E-state index in [4.69, 9.17) is 20.2 Å². The van der Waals surface area contributed by atoms with Crippen molar-refractivity contribution in [2.24, 2.45) is 0 Å². The van der Waals surface area contributed by atoms with E-state index in [-0.39, 0.29) is 11.0 Å². The molecule has 0 aliphatic carbocycles. The summed E-state index contributed by atoms with van der Waals surface area (Å²) in [5, 5.41) is 1.30. The predicted molar refractivity (Wildman–Crippen MR) is 81.5 cm³/mol. The van der Waals surface area contributed by atoms with Gasteiger partial charge in [0.15, 0.2) is 0 Å². The second kappa shape index (κ2) is 5.83. The lowest BCUT2D eigenvalue weighted by molar-refractivity contribution is 0.0685. The molecule has 21 heavy (non-hydrogen) atoms. The predicted octanol–water partition coefficient (Wildman–Crippen LogP) is 3.33. The molecule has 4 nitrogen and oxygen atoms in total. The summed E-state index contributed by atoms with van der Waals surface area (Å²) < 4.78 is 34.6. The molecule has 1 atom stereocenters. The second-order valence-corrected chi connectivity index (χ2v) is 7.53. The number of benzene rings is 2. The maximum Gasteiger partial charge on any atom is 0.261 e. The van der Waals surface area contributed by atoms with E-state index < -0.39 is 9.05 Å². The van der Waals surface area contributed by atoms with Gasteiger partial charge in [0.1, 0.15) is 12.4 Å². The lowest BCUT2D eigenvalue weighted by Crippen LogP contribution is -2.16. The van der Waals surface area contributed by atoms with Gasteiger partial charge in [0.05, 0.1) is 11.0 Å². The van der Waals surface area contributed by atoms with Gasteiger partial charge in [-0.05, 0) is 25.0 Å². The van der Waals surface area contributed by atoms with Crippen LogP contribution in [-0.4, -0.2) is 27.7 Å². The van der Waals surface area contributed by atoms with Crippen LogP contribution in [0.5, 0.6) is 5.75 Å². The van der Waals surface area contributed by atoms with Crippen molar-refractivity contribution in [3.63, 3.8) is 0 Å². The van der Waals surface area contributed by atoms with Crippen molar-refractivity contribution in [2.75, 3.05) is 13.2 Å². The Hall–Kier alpha value is -1.30. The van der Waals surface area contributed by atoms with Crippen LogP contribution >= 0.6 is 10.7 Å². The third-order valence-electron chi connectivity index (χ3n) is 3.56. The number of fused-ring (bicyclic) bond motifs is 1. The van der Waals surface area contributed by atoms with Crippen LogP contribution in [0.15, 0.2) is 41.3 Å². The van der Waals surface area contributed by atoms with E-state index in [1.165, 1.54) is 6.07 Å². The van der Waals surface area contributed by atoms with Crippen molar-refractivity contribution in [1.82, 2.24) is 0 Å². The first kappa shape index (κ1) is 14.6. The topological polar surface area (TPSA) is 52.6 Å². The van der Waals surface area contributed by atoms with Crippen molar-refractivity contribution in [1.29, 1.82) is 0 Å². The van der Waals surface area contributed by atoms with Crippen LogP contribution in [0, 0.1) is 0 Å². The normalized spacial score (nSPS) is 19.0. The van der Waals surface area contributed by atoms with Crippen LogP contribution in [0.3, 0.4) is 0 Å². The summed E-state index contributed by atoms with van der Waals surface area (Å²) in [5.41, 5.74) is 0. The summed E-state index contributed by atoms with van der Waals surface area (Å²) in [4.78, 5) is 0.101. The molecule has 6 heteroatoms. The highest BCUT2D eigenvalue weighted by Crippen LogP contribution is 2.32. The fraction of sp³-hybridized carbons (Fsp3) is 0.333. The Balaban J connectivity index is 1.96. The van der Waals surface area contributed by atoms with Gasteiger partial charge in [-0.3, -0.25) is 0 Å². The van der Waals surface area contributed by atoms with Crippen molar-refractivity contribution in [3.05, 3.63) is 36.4 Å². The minimum atomic E-state index is -3.78. The monoisotopic (exact) mass is 326 g/mol. The van der Waals surface area contributed by atoms with E-state index in [1.54, 1.807) is 18.2 Å². The van der Waals surface area contributed by atoms with Gasteiger partial charge < -0.3 is 9.47 Å². The van der Waals surface area contributed by atoms with E-state index in [1.807, 2.05) is 12.1 Å². The Kier molecular flexibility index (Phi) is 4.06. The van der Waals surface area contributed by atoms with Gasteiger partial charge in [0, 0.05) is 28.1 Å². The Morgan fingerprint density at radius 1 is 1.19 bits per heavy atom. The molecule has 0 spiro atoms. The molecule has 112 valence electrons. The highest BCUT2D eigenvalue weighted by Gasteiger charge is 2.19. The van der Waals surface area contributed by atoms with E-state index in [9.17, 15) is 8.42 Å². The standard InChI is InChI=1S/C15H15ClO4S/c16-21(17,18)15-8-7-14(12-5-1-2-6-13(12)15)20-10-11-4-3-9-19-11/h1-2,5-8,11H,3-4,9-10H2. The molecule has 2 aromatic rings. The molecule has 0 N–H and O–H groups in total. The SMILES string of the molecule is O=S(=O)(Cl)c1ccc(OCC2CCCO2)c2ccccc12. The fourth-order valence-electron chi connectivity index (χ4n) is 2.54. The molecule has 1 saturated heterocycles. The molecule has 1 heterocycles. The quantitative estimate of drug-likeness (QED) is 0.809. The Labute approximate surface area is 128 Å². The zero-order valence-electron chi connectivity index (χ0n) is 11.3. The van der Waals surface area contributed by atoms with Gasteiger partial charge in [0.25, 0.3) is 9.05 Å². The van der Waals surface area contributed by atoms with Crippen molar-refractivity contribution in [2.45, 2.75) is 23.8 Å². The Morgan fingerprint density at radius 2 is 1.95 bits per heavy atom. The van der Waals surface area contributed by atoms with Crippen LogP contribution in [0.1, 0.15) is 12.8 Å². The zero-order chi connectivity index (χ0) is 14.9. The second-order valence-electron chi connectivity index (χ2n) is 4.99. The third-order valence-corrected chi connectivity index (χ3v) is 4.94. The number of rotatable bonds is 4. The fourth-order valence-corrected chi connectivity index (χ4v) is 3.62. The smallest absolute Gasteiger partial charge is 0.261 e. The summed E-state index contributed by atoms with van der Waals surface area (Å²) in [6.07, 6.45) is 2.16. The maximum absolute atomic E-state index is 11.6. The van der Waals surface area contributed by atoms with E-state index in [0.717, 1.165) is 24.8 Å². The molecule has 1 unspecified atom stereocenters. The number of hydrogen-bond acceptors (Lipinski definition) is 4. The molecule has 1 aliphatic heterocycles. The van der Waals surface area contributed by atoms with Crippen molar-refractivity contribution < 1.29 is 17.9 Å². The molecule has 3 rings (SSSR count). The van der Waals surface area contributed by atoms with Gasteiger partial charge in [-0.25, -0.2) is 8.42 Å². The first-order valence-corrected chi connectivity index (χ1v) is 9.07. The van der Waals surface area contributed by atoms with Crippen molar-refractivity contribution in [3.8, 4) is 5.75 Å². The molecule has 0 saturated carbocycles. The molecule has 2 aromatic carbocycles. The van der Waals surface area contributed by atoms with Gasteiger partial charge in [-0.2, -0.15) is 0 Å². The first-order valence-electron chi connectivity index (χ1n) is 6.76. The van der Waals surface area contributed by atoms with Crippen LogP contribution in [0.4, 0.5) is 0 Å². The zero-order valence-corrected chi connectivity index (χ0v) is 12.9. The van der Waals surface area contributed by atoms with E-state index >= 15 is 0 Å². The van der Waals surface area contributed by atoms with Crippen molar-refractivity contribution >= 4 is 30.5 Å². The third kappa shape index (κ3) is 3.15. The average Bonchev–Trinajstić information content (AvgIpc) is 2.96. The molecule has 0 radical (unpaired) electrons. The Morgan fingerprint density at radius 3 is 2.62 bits per heavy atom. The van der Waals surface area contributed by atoms with Crippen LogP contribution in [0.2, 0.25) is 0 Å². The first-order chi connectivity index (χ1) is 10.1. The molecule has 1 aliphatic rings. The Bertz CT molecular complexity index is 751. The van der Waals surface area contributed by atoms with Crippen LogP contribution < -0.4 is 4.74 Å². The summed E-state index contributed by atoms with van der Waals surface area (Å²) in [6.45, 7) is 1.25. The van der Waals surface area contributed by atoms with Crippen LogP contribution in [0.25, 0.3) is 10.8 Å². The largest absolute Gasteiger partial charge is 0.490 e. The highest BCUT2D eigenvalue weighted by atomic mass is 35.7. The number of ether oxygens (including phenoxy) is 2. The molecule has 0 bridgehead atoms. The summed E-state index contributed by atoms with van der Waals surface area (Å²) in [7, 11) is 1.70. The van der Waals surface area contributed by atoms with Gasteiger partial charge in [-0.15, -0.1) is 0 Å². The molecular formula is C15H15ClO4S. The van der Waals surface area contributed by atoms with Gasteiger partial charge in [0.2, 0.25) is 0 Å². The molecule has 0 amide bonds. The van der Waals surface area contributed by atoms with Gasteiger partial charge >= 0.3 is 0 Å². The summed E-state index contributed by atoms with van der Waals surface area (Å²) in [5.74, 6) is 0.644. The summed E-state index contributed by atoms with van der Waals surface area (Å²) in [6, 6.07) is 10.3. The average molecular weight is 327 g/mol. The maximum atomic E-state index is 11.6. The highest BCUT2D eigenvalue weighted by molar-refractivity contribution is 8.14. The molecular weight excluding hydrogens is 312 g/mol. The number of halogens is 1.